The molecule has 1 saturated heterocycles. The molecule has 0 aromatic carbocycles. The Kier molecular flexibility index (Phi) is 3.55. The number of aromatic nitrogens is 2. The van der Waals surface area contributed by atoms with Crippen molar-refractivity contribution >= 4 is 5.95 Å². The van der Waals surface area contributed by atoms with E-state index in [0.717, 1.165) is 19.5 Å². The first-order chi connectivity index (χ1) is 8.24. The van der Waals surface area contributed by atoms with Crippen molar-refractivity contribution in [2.75, 3.05) is 24.5 Å². The van der Waals surface area contributed by atoms with Crippen LogP contribution in [0.4, 0.5) is 5.95 Å². The number of rotatable bonds is 2. The van der Waals surface area contributed by atoms with Crippen LogP contribution in [-0.2, 0) is 0 Å². The average Bonchev–Trinajstić information content (AvgIpc) is 2.39. The third-order valence-electron chi connectivity index (χ3n) is 3.46. The molecule has 2 heterocycles. The molecule has 1 fully saturated rings. The summed E-state index contributed by atoms with van der Waals surface area (Å²) in [6, 6.07) is 3.66. The molecular weight excluding hydrogens is 214 g/mol. The first kappa shape index (κ1) is 11.8. The van der Waals surface area contributed by atoms with Gasteiger partial charge in [-0.15, -0.1) is 0 Å². The summed E-state index contributed by atoms with van der Waals surface area (Å²) in [6.45, 7) is 4.75. The van der Waals surface area contributed by atoms with Crippen LogP contribution in [0.25, 0.3) is 0 Å². The van der Waals surface area contributed by atoms with Crippen molar-refractivity contribution in [2.45, 2.75) is 13.3 Å². The first-order valence-electron chi connectivity index (χ1n) is 5.92. The maximum atomic E-state index is 8.82. The molecule has 0 amide bonds. The van der Waals surface area contributed by atoms with Crippen LogP contribution < -0.4 is 10.6 Å². The van der Waals surface area contributed by atoms with E-state index in [9.17, 15) is 0 Å². The molecule has 0 radical (unpaired) electrons. The molecule has 90 valence electrons. The van der Waals surface area contributed by atoms with E-state index in [1.807, 2.05) is 6.07 Å². The Labute approximate surface area is 101 Å². The molecule has 0 saturated carbocycles. The van der Waals surface area contributed by atoms with Gasteiger partial charge >= 0.3 is 0 Å². The fourth-order valence-electron chi connectivity index (χ4n) is 2.20. The van der Waals surface area contributed by atoms with Crippen LogP contribution in [0.3, 0.4) is 0 Å². The molecule has 2 atom stereocenters. The lowest BCUT2D eigenvalue weighted by molar-refractivity contribution is 0.305. The van der Waals surface area contributed by atoms with Crippen molar-refractivity contribution in [3.8, 4) is 6.07 Å². The van der Waals surface area contributed by atoms with Gasteiger partial charge in [-0.3, -0.25) is 0 Å². The lowest BCUT2D eigenvalue weighted by Crippen LogP contribution is -2.43. The molecule has 5 heteroatoms. The quantitative estimate of drug-likeness (QED) is 0.813. The molecule has 1 aromatic heterocycles. The molecule has 0 bridgehead atoms. The van der Waals surface area contributed by atoms with Crippen LogP contribution in [0.15, 0.2) is 12.3 Å². The fourth-order valence-corrected chi connectivity index (χ4v) is 2.20. The average molecular weight is 231 g/mol. The zero-order valence-corrected chi connectivity index (χ0v) is 10.0. The van der Waals surface area contributed by atoms with E-state index >= 15 is 0 Å². The van der Waals surface area contributed by atoms with Gasteiger partial charge in [0, 0.05) is 19.3 Å². The number of piperidine rings is 1. The monoisotopic (exact) mass is 231 g/mol. The van der Waals surface area contributed by atoms with Gasteiger partial charge in [-0.2, -0.15) is 5.26 Å². The molecule has 2 rings (SSSR count). The summed E-state index contributed by atoms with van der Waals surface area (Å²) in [4.78, 5) is 10.6. The third kappa shape index (κ3) is 2.53. The van der Waals surface area contributed by atoms with E-state index < -0.39 is 0 Å². The van der Waals surface area contributed by atoms with Crippen LogP contribution in [0.1, 0.15) is 19.0 Å². The van der Waals surface area contributed by atoms with E-state index in [1.54, 1.807) is 12.3 Å². The van der Waals surface area contributed by atoms with E-state index in [0.29, 0.717) is 30.0 Å². The van der Waals surface area contributed by atoms with Crippen LogP contribution in [0.2, 0.25) is 0 Å². The third-order valence-corrected chi connectivity index (χ3v) is 3.46. The van der Waals surface area contributed by atoms with Gasteiger partial charge < -0.3 is 10.6 Å². The highest BCUT2D eigenvalue weighted by molar-refractivity contribution is 5.34. The topological polar surface area (TPSA) is 78.8 Å². The summed E-state index contributed by atoms with van der Waals surface area (Å²) < 4.78 is 0. The Bertz CT molecular complexity index is 425. The van der Waals surface area contributed by atoms with Crippen molar-refractivity contribution in [2.24, 2.45) is 17.6 Å². The second-order valence-corrected chi connectivity index (χ2v) is 4.56. The predicted octanol–water partition coefficient (Wildman–Crippen LogP) is 0.769. The molecular formula is C12H17N5. The van der Waals surface area contributed by atoms with Gasteiger partial charge in [-0.1, -0.05) is 6.92 Å². The Hall–Kier alpha value is -1.67. The highest BCUT2D eigenvalue weighted by atomic mass is 15.3. The Balaban J connectivity index is 2.15. The molecule has 17 heavy (non-hydrogen) atoms. The second-order valence-electron chi connectivity index (χ2n) is 4.56. The van der Waals surface area contributed by atoms with E-state index in [4.69, 9.17) is 11.0 Å². The summed E-state index contributed by atoms with van der Waals surface area (Å²) in [7, 11) is 0. The van der Waals surface area contributed by atoms with Crippen molar-refractivity contribution in [1.29, 1.82) is 5.26 Å². The van der Waals surface area contributed by atoms with Crippen molar-refractivity contribution in [1.82, 2.24) is 9.97 Å². The highest BCUT2D eigenvalue weighted by Crippen LogP contribution is 2.24. The Morgan fingerprint density at radius 2 is 2.47 bits per heavy atom. The Morgan fingerprint density at radius 3 is 3.18 bits per heavy atom. The molecule has 5 nitrogen and oxygen atoms in total. The second kappa shape index (κ2) is 5.11. The summed E-state index contributed by atoms with van der Waals surface area (Å²) in [5.74, 6) is 1.78. The maximum absolute atomic E-state index is 8.82. The van der Waals surface area contributed by atoms with Gasteiger partial charge in [0.05, 0.1) is 0 Å². The number of nitrogens with zero attached hydrogens (tertiary/aromatic N) is 4. The normalized spacial score (nSPS) is 24.4. The van der Waals surface area contributed by atoms with Gasteiger partial charge in [-0.25, -0.2) is 9.97 Å². The molecule has 2 unspecified atom stereocenters. The maximum Gasteiger partial charge on any atom is 0.226 e. The first-order valence-corrected chi connectivity index (χ1v) is 5.92. The minimum absolute atomic E-state index is 0.415. The largest absolute Gasteiger partial charge is 0.340 e. The van der Waals surface area contributed by atoms with Gasteiger partial charge in [0.25, 0.3) is 0 Å². The number of nitrogens with two attached hydrogens (primary N) is 1. The predicted molar refractivity (Wildman–Crippen MR) is 65.3 cm³/mol. The van der Waals surface area contributed by atoms with Crippen LogP contribution in [0.5, 0.6) is 0 Å². The smallest absolute Gasteiger partial charge is 0.226 e. The zero-order chi connectivity index (χ0) is 12.3. The number of hydrogen-bond donors (Lipinski definition) is 1. The molecule has 1 aromatic rings. The number of nitriles is 1. The SMILES string of the molecule is CC1CCN(c2nccc(C#N)n2)CC1CN. The molecule has 2 N–H and O–H groups in total. The number of anilines is 1. The minimum atomic E-state index is 0.415. The molecule has 1 aliphatic heterocycles. The van der Waals surface area contributed by atoms with E-state index in [-0.39, 0.29) is 0 Å². The van der Waals surface area contributed by atoms with Crippen LogP contribution >= 0.6 is 0 Å². The number of hydrogen-bond acceptors (Lipinski definition) is 5. The van der Waals surface area contributed by atoms with Gasteiger partial charge in [0.15, 0.2) is 0 Å². The minimum Gasteiger partial charge on any atom is -0.340 e. The standard InChI is InChI=1S/C12H17N5/c1-9-3-5-17(8-10(9)6-13)12-15-4-2-11(7-14)16-12/h2,4,9-10H,3,5-6,8,13H2,1H3. The fraction of sp³-hybridized carbons (Fsp3) is 0.583. The van der Waals surface area contributed by atoms with Crippen LogP contribution in [0, 0.1) is 23.2 Å². The summed E-state index contributed by atoms with van der Waals surface area (Å²) in [6.07, 6.45) is 2.73. The lowest BCUT2D eigenvalue weighted by atomic mass is 9.87. The van der Waals surface area contributed by atoms with Crippen LogP contribution in [-0.4, -0.2) is 29.6 Å². The summed E-state index contributed by atoms with van der Waals surface area (Å²) in [5.41, 5.74) is 6.18. The van der Waals surface area contributed by atoms with Gasteiger partial charge in [0.1, 0.15) is 11.8 Å². The van der Waals surface area contributed by atoms with Crippen molar-refractivity contribution in [3.05, 3.63) is 18.0 Å². The Morgan fingerprint density at radius 1 is 1.65 bits per heavy atom. The molecule has 1 aliphatic rings. The highest BCUT2D eigenvalue weighted by Gasteiger charge is 2.26. The molecule has 0 aliphatic carbocycles. The summed E-state index contributed by atoms with van der Waals surface area (Å²) >= 11 is 0. The van der Waals surface area contributed by atoms with Gasteiger partial charge in [-0.05, 0) is 30.9 Å². The van der Waals surface area contributed by atoms with E-state index in [2.05, 4.69) is 21.8 Å². The zero-order valence-electron chi connectivity index (χ0n) is 10.0. The van der Waals surface area contributed by atoms with Crippen molar-refractivity contribution in [3.63, 3.8) is 0 Å². The van der Waals surface area contributed by atoms with Crippen molar-refractivity contribution < 1.29 is 0 Å². The lowest BCUT2D eigenvalue weighted by Gasteiger charge is -2.36. The van der Waals surface area contributed by atoms with Gasteiger partial charge in [0.2, 0.25) is 5.95 Å². The van der Waals surface area contributed by atoms with E-state index in [1.165, 1.54) is 0 Å². The molecule has 0 spiro atoms. The summed E-state index contributed by atoms with van der Waals surface area (Å²) in [5, 5.41) is 8.82.